The summed E-state index contributed by atoms with van der Waals surface area (Å²) in [7, 11) is 1.62. The molecule has 1 heterocycles. The molecule has 0 fully saturated rings. The van der Waals surface area contributed by atoms with Gasteiger partial charge in [-0.2, -0.15) is 0 Å². The first-order valence-electron chi connectivity index (χ1n) is 6.17. The van der Waals surface area contributed by atoms with Gasteiger partial charge >= 0.3 is 5.97 Å². The molecule has 0 radical (unpaired) electrons. The van der Waals surface area contributed by atoms with E-state index in [1.165, 1.54) is 6.20 Å². The number of halogens is 1. The molecular formula is C13H18BrNO5. The minimum Gasteiger partial charge on any atom is -0.460 e. The number of methoxy groups -OCH3 is 1. The molecule has 1 aromatic rings. The van der Waals surface area contributed by atoms with Crippen molar-refractivity contribution in [2.24, 2.45) is 0 Å². The third-order valence-corrected chi connectivity index (χ3v) is 2.66. The van der Waals surface area contributed by atoms with E-state index in [1.54, 1.807) is 19.2 Å². The maximum absolute atomic E-state index is 11.6. The lowest BCUT2D eigenvalue weighted by molar-refractivity contribution is 0.00569. The first-order valence-corrected chi connectivity index (χ1v) is 6.96. The van der Waals surface area contributed by atoms with Crippen LogP contribution < -0.4 is 0 Å². The molecule has 0 saturated heterocycles. The Morgan fingerprint density at radius 2 is 1.80 bits per heavy atom. The summed E-state index contributed by atoms with van der Waals surface area (Å²) in [5.74, 6) is -0.395. The van der Waals surface area contributed by atoms with Gasteiger partial charge in [0.2, 0.25) is 0 Å². The van der Waals surface area contributed by atoms with Gasteiger partial charge < -0.3 is 18.9 Å². The van der Waals surface area contributed by atoms with E-state index in [1.807, 2.05) is 0 Å². The Morgan fingerprint density at radius 3 is 2.45 bits per heavy atom. The first-order chi connectivity index (χ1) is 9.74. The highest BCUT2D eigenvalue weighted by molar-refractivity contribution is 9.10. The van der Waals surface area contributed by atoms with Crippen LogP contribution in [0.1, 0.15) is 10.4 Å². The second-order valence-electron chi connectivity index (χ2n) is 3.72. The van der Waals surface area contributed by atoms with E-state index in [-0.39, 0.29) is 6.61 Å². The Morgan fingerprint density at radius 1 is 1.15 bits per heavy atom. The van der Waals surface area contributed by atoms with Gasteiger partial charge in [0, 0.05) is 13.3 Å². The topological polar surface area (TPSA) is 66.9 Å². The van der Waals surface area contributed by atoms with Crippen molar-refractivity contribution >= 4 is 21.9 Å². The molecule has 0 aliphatic rings. The summed E-state index contributed by atoms with van der Waals surface area (Å²) in [6, 6.07) is 3.20. The average molecular weight is 348 g/mol. The smallest absolute Gasteiger partial charge is 0.338 e. The summed E-state index contributed by atoms with van der Waals surface area (Å²) < 4.78 is 21.0. The van der Waals surface area contributed by atoms with Crippen LogP contribution in [0.4, 0.5) is 0 Å². The Hall–Kier alpha value is -1.02. The van der Waals surface area contributed by atoms with E-state index in [2.05, 4.69) is 20.9 Å². The van der Waals surface area contributed by atoms with Gasteiger partial charge in [-0.15, -0.1) is 0 Å². The summed E-state index contributed by atoms with van der Waals surface area (Å²) in [5, 5.41) is 0. The Bertz CT molecular complexity index is 402. The lowest BCUT2D eigenvalue weighted by Gasteiger charge is -2.07. The Labute approximate surface area is 126 Å². The molecule has 20 heavy (non-hydrogen) atoms. The van der Waals surface area contributed by atoms with Crippen LogP contribution in [0, 0.1) is 0 Å². The second-order valence-corrected chi connectivity index (χ2v) is 4.53. The molecule has 0 aliphatic carbocycles. The Kier molecular flexibility index (Phi) is 9.14. The monoisotopic (exact) mass is 347 g/mol. The molecule has 6 nitrogen and oxygen atoms in total. The summed E-state index contributed by atoms with van der Waals surface area (Å²) in [6.45, 7) is 2.62. The van der Waals surface area contributed by atoms with Crippen LogP contribution >= 0.6 is 15.9 Å². The number of hydrogen-bond acceptors (Lipinski definition) is 6. The molecule has 0 atom stereocenters. The van der Waals surface area contributed by atoms with Crippen LogP contribution in [0.25, 0.3) is 0 Å². The van der Waals surface area contributed by atoms with Crippen LogP contribution in [0.15, 0.2) is 22.9 Å². The molecule has 0 aromatic carbocycles. The average Bonchev–Trinajstić information content (AvgIpc) is 2.45. The maximum Gasteiger partial charge on any atom is 0.338 e. The van der Waals surface area contributed by atoms with Crippen molar-refractivity contribution in [3.05, 3.63) is 28.5 Å². The largest absolute Gasteiger partial charge is 0.460 e. The lowest BCUT2D eigenvalue weighted by Crippen LogP contribution is -2.14. The zero-order valence-electron chi connectivity index (χ0n) is 11.3. The summed E-state index contributed by atoms with van der Waals surface area (Å²) in [6.07, 6.45) is 1.54. The SMILES string of the molecule is COCCOCCOCCOC(=O)c1ccnc(Br)c1. The number of pyridine rings is 1. The number of ether oxygens (including phenoxy) is 4. The van der Waals surface area contributed by atoms with E-state index in [0.717, 1.165) is 0 Å². The summed E-state index contributed by atoms with van der Waals surface area (Å²) in [4.78, 5) is 15.6. The highest BCUT2D eigenvalue weighted by atomic mass is 79.9. The van der Waals surface area contributed by atoms with Crippen LogP contribution in [0.5, 0.6) is 0 Å². The van der Waals surface area contributed by atoms with Gasteiger partial charge in [0.15, 0.2) is 0 Å². The molecule has 1 aromatic heterocycles. The van der Waals surface area contributed by atoms with E-state index in [4.69, 9.17) is 18.9 Å². The van der Waals surface area contributed by atoms with E-state index in [9.17, 15) is 4.79 Å². The third-order valence-electron chi connectivity index (χ3n) is 2.23. The predicted octanol–water partition coefficient (Wildman–Crippen LogP) is 1.68. The molecule has 7 heteroatoms. The number of carbonyl (C=O) groups is 1. The van der Waals surface area contributed by atoms with Gasteiger partial charge in [-0.05, 0) is 28.1 Å². The minimum atomic E-state index is -0.395. The van der Waals surface area contributed by atoms with E-state index >= 15 is 0 Å². The molecule has 1 rings (SSSR count). The van der Waals surface area contributed by atoms with Crippen molar-refractivity contribution in [1.29, 1.82) is 0 Å². The molecule has 0 unspecified atom stereocenters. The highest BCUT2D eigenvalue weighted by Crippen LogP contribution is 2.08. The first kappa shape index (κ1) is 17.0. The molecule has 0 aliphatic heterocycles. The normalized spacial score (nSPS) is 10.5. The van der Waals surface area contributed by atoms with E-state index < -0.39 is 5.97 Å². The molecule has 0 N–H and O–H groups in total. The van der Waals surface area contributed by atoms with Crippen molar-refractivity contribution in [3.8, 4) is 0 Å². The molecule has 0 saturated carbocycles. The van der Waals surface area contributed by atoms with Crippen molar-refractivity contribution in [2.45, 2.75) is 0 Å². The number of hydrogen-bond donors (Lipinski definition) is 0. The number of aromatic nitrogens is 1. The molecule has 0 spiro atoms. The number of carbonyl (C=O) groups excluding carboxylic acids is 1. The fourth-order valence-electron chi connectivity index (χ4n) is 1.27. The van der Waals surface area contributed by atoms with Crippen molar-refractivity contribution in [1.82, 2.24) is 4.98 Å². The summed E-state index contributed by atoms with van der Waals surface area (Å²) >= 11 is 3.19. The Balaban J connectivity index is 2.02. The third kappa shape index (κ3) is 7.54. The van der Waals surface area contributed by atoms with Crippen molar-refractivity contribution in [2.75, 3.05) is 46.8 Å². The van der Waals surface area contributed by atoms with Gasteiger partial charge in [0.1, 0.15) is 11.2 Å². The highest BCUT2D eigenvalue weighted by Gasteiger charge is 2.07. The number of nitrogens with zero attached hydrogens (tertiary/aromatic N) is 1. The predicted molar refractivity (Wildman–Crippen MR) is 75.7 cm³/mol. The van der Waals surface area contributed by atoms with Gasteiger partial charge in [-0.3, -0.25) is 0 Å². The zero-order chi connectivity index (χ0) is 14.6. The van der Waals surface area contributed by atoms with Crippen molar-refractivity contribution < 1.29 is 23.7 Å². The molecule has 0 amide bonds. The summed E-state index contributed by atoms with van der Waals surface area (Å²) in [5.41, 5.74) is 0.453. The maximum atomic E-state index is 11.6. The van der Waals surface area contributed by atoms with Crippen LogP contribution in [0.2, 0.25) is 0 Å². The zero-order valence-corrected chi connectivity index (χ0v) is 12.9. The van der Waals surface area contributed by atoms with E-state index in [0.29, 0.717) is 43.2 Å². The van der Waals surface area contributed by atoms with Crippen LogP contribution in [-0.2, 0) is 18.9 Å². The fourth-order valence-corrected chi connectivity index (χ4v) is 1.64. The van der Waals surface area contributed by atoms with Crippen LogP contribution in [0.3, 0.4) is 0 Å². The van der Waals surface area contributed by atoms with Crippen molar-refractivity contribution in [3.63, 3.8) is 0 Å². The minimum absolute atomic E-state index is 0.205. The molecular weight excluding hydrogens is 330 g/mol. The van der Waals surface area contributed by atoms with Gasteiger partial charge in [-0.1, -0.05) is 0 Å². The quantitative estimate of drug-likeness (QED) is 0.364. The van der Waals surface area contributed by atoms with Gasteiger partial charge in [0.05, 0.1) is 38.6 Å². The van der Waals surface area contributed by atoms with Gasteiger partial charge in [-0.25, -0.2) is 9.78 Å². The van der Waals surface area contributed by atoms with Crippen LogP contribution in [-0.4, -0.2) is 57.7 Å². The lowest BCUT2D eigenvalue weighted by atomic mass is 10.3. The standard InChI is InChI=1S/C13H18BrNO5/c1-17-4-5-18-6-7-19-8-9-20-13(16)11-2-3-15-12(14)10-11/h2-3,10H,4-9H2,1H3. The molecule has 112 valence electrons. The second kappa shape index (κ2) is 10.7. The number of esters is 1. The fraction of sp³-hybridized carbons (Fsp3) is 0.538. The van der Waals surface area contributed by atoms with Gasteiger partial charge in [0.25, 0.3) is 0 Å². The number of rotatable bonds is 10. The molecule has 0 bridgehead atoms.